The molecule has 0 aliphatic carbocycles. The van der Waals surface area contributed by atoms with Gasteiger partial charge in [-0.2, -0.15) is 0 Å². The molecule has 14 heavy (non-hydrogen) atoms. The molecule has 1 amide bonds. The van der Waals surface area contributed by atoms with Gasteiger partial charge in [-0.1, -0.05) is 0 Å². The topological polar surface area (TPSA) is 32.3 Å². The average Bonchev–Trinajstić information content (AvgIpc) is 2.11. The van der Waals surface area contributed by atoms with Gasteiger partial charge in [-0.05, 0) is 40.4 Å². The normalized spacial score (nSPS) is 12.9. The molecule has 0 rings (SSSR count). The van der Waals surface area contributed by atoms with E-state index in [1.165, 1.54) is 0 Å². The second kappa shape index (κ2) is 8.06. The molecule has 0 spiro atoms. The SMILES string of the molecule is CC(CCN(C)C)NC(=O)CCCCl. The van der Waals surface area contributed by atoms with Crippen molar-refractivity contribution in [1.29, 1.82) is 0 Å². The summed E-state index contributed by atoms with van der Waals surface area (Å²) < 4.78 is 0. The van der Waals surface area contributed by atoms with Crippen LogP contribution in [-0.2, 0) is 4.79 Å². The van der Waals surface area contributed by atoms with Crippen molar-refractivity contribution in [2.45, 2.75) is 32.2 Å². The van der Waals surface area contributed by atoms with Crippen LogP contribution in [0.1, 0.15) is 26.2 Å². The number of amides is 1. The number of halogens is 1. The fourth-order valence-corrected chi connectivity index (χ4v) is 1.23. The van der Waals surface area contributed by atoms with Gasteiger partial charge in [0.1, 0.15) is 0 Å². The number of nitrogens with zero attached hydrogens (tertiary/aromatic N) is 1. The lowest BCUT2D eigenvalue weighted by atomic mass is 10.2. The van der Waals surface area contributed by atoms with E-state index in [9.17, 15) is 4.79 Å². The van der Waals surface area contributed by atoms with E-state index in [0.29, 0.717) is 12.3 Å². The Kier molecular flexibility index (Phi) is 7.90. The summed E-state index contributed by atoms with van der Waals surface area (Å²) in [6.45, 7) is 3.03. The molecule has 0 aliphatic heterocycles. The van der Waals surface area contributed by atoms with E-state index < -0.39 is 0 Å². The van der Waals surface area contributed by atoms with Crippen LogP contribution in [-0.4, -0.2) is 43.4 Å². The molecule has 4 heteroatoms. The van der Waals surface area contributed by atoms with Crippen LogP contribution in [0.4, 0.5) is 0 Å². The first kappa shape index (κ1) is 13.7. The molecule has 1 N–H and O–H groups in total. The van der Waals surface area contributed by atoms with Gasteiger partial charge in [0.15, 0.2) is 0 Å². The highest BCUT2D eigenvalue weighted by Crippen LogP contribution is 1.96. The van der Waals surface area contributed by atoms with Crippen molar-refractivity contribution in [2.24, 2.45) is 0 Å². The maximum atomic E-state index is 11.3. The van der Waals surface area contributed by atoms with Crippen LogP contribution >= 0.6 is 11.6 Å². The molecular weight excluding hydrogens is 200 g/mol. The summed E-state index contributed by atoms with van der Waals surface area (Å²) in [5.74, 6) is 0.663. The highest BCUT2D eigenvalue weighted by molar-refractivity contribution is 6.17. The predicted molar refractivity (Wildman–Crippen MR) is 60.7 cm³/mol. The molecule has 0 aromatic rings. The molecule has 0 fully saturated rings. The average molecular weight is 221 g/mol. The third-order valence-electron chi connectivity index (χ3n) is 1.95. The number of carbonyl (C=O) groups is 1. The van der Waals surface area contributed by atoms with Crippen molar-refractivity contribution in [1.82, 2.24) is 10.2 Å². The molecule has 1 unspecified atom stereocenters. The van der Waals surface area contributed by atoms with E-state index in [0.717, 1.165) is 19.4 Å². The smallest absolute Gasteiger partial charge is 0.220 e. The first-order chi connectivity index (χ1) is 6.56. The van der Waals surface area contributed by atoms with E-state index in [2.05, 4.69) is 10.2 Å². The molecule has 84 valence electrons. The van der Waals surface area contributed by atoms with Crippen molar-refractivity contribution in [3.8, 4) is 0 Å². The number of hydrogen-bond acceptors (Lipinski definition) is 2. The maximum Gasteiger partial charge on any atom is 0.220 e. The van der Waals surface area contributed by atoms with Gasteiger partial charge in [-0.3, -0.25) is 4.79 Å². The Morgan fingerprint density at radius 1 is 1.50 bits per heavy atom. The fourth-order valence-electron chi connectivity index (χ4n) is 1.10. The molecule has 0 saturated carbocycles. The highest BCUT2D eigenvalue weighted by atomic mass is 35.5. The van der Waals surface area contributed by atoms with Crippen LogP contribution in [0.15, 0.2) is 0 Å². The lowest BCUT2D eigenvalue weighted by Gasteiger charge is -2.16. The van der Waals surface area contributed by atoms with Gasteiger partial charge in [0.2, 0.25) is 5.91 Å². The molecule has 0 heterocycles. The Bertz CT molecular complexity index is 162. The lowest BCUT2D eigenvalue weighted by molar-refractivity contribution is -0.121. The van der Waals surface area contributed by atoms with Crippen LogP contribution in [0.5, 0.6) is 0 Å². The number of alkyl halides is 1. The van der Waals surface area contributed by atoms with Crippen LogP contribution in [0.25, 0.3) is 0 Å². The minimum absolute atomic E-state index is 0.108. The van der Waals surface area contributed by atoms with Crippen molar-refractivity contribution in [3.05, 3.63) is 0 Å². The monoisotopic (exact) mass is 220 g/mol. The summed E-state index contributed by atoms with van der Waals surface area (Å²) >= 11 is 5.50. The molecule has 1 atom stereocenters. The molecule has 0 saturated heterocycles. The molecule has 0 bridgehead atoms. The van der Waals surface area contributed by atoms with Crippen LogP contribution in [0.2, 0.25) is 0 Å². The van der Waals surface area contributed by atoms with Crippen molar-refractivity contribution >= 4 is 17.5 Å². The predicted octanol–water partition coefficient (Wildman–Crippen LogP) is 1.46. The third-order valence-corrected chi connectivity index (χ3v) is 2.22. The first-order valence-electron chi connectivity index (χ1n) is 5.06. The number of rotatable bonds is 7. The largest absolute Gasteiger partial charge is 0.354 e. The summed E-state index contributed by atoms with van der Waals surface area (Å²) in [4.78, 5) is 13.4. The molecular formula is C10H21ClN2O. The van der Waals surface area contributed by atoms with Crippen molar-refractivity contribution in [3.63, 3.8) is 0 Å². The molecule has 0 aliphatic rings. The maximum absolute atomic E-state index is 11.3. The summed E-state index contributed by atoms with van der Waals surface area (Å²) in [6, 6.07) is 0.250. The Labute approximate surface area is 91.8 Å². The summed E-state index contributed by atoms with van der Waals surface area (Å²) in [5.41, 5.74) is 0. The van der Waals surface area contributed by atoms with Gasteiger partial charge in [-0.25, -0.2) is 0 Å². The van der Waals surface area contributed by atoms with Gasteiger partial charge in [0, 0.05) is 18.3 Å². The second-order valence-electron chi connectivity index (χ2n) is 3.85. The molecule has 0 aromatic heterocycles. The number of carbonyl (C=O) groups excluding carboxylic acids is 1. The Balaban J connectivity index is 3.50. The zero-order chi connectivity index (χ0) is 11.0. The lowest BCUT2D eigenvalue weighted by Crippen LogP contribution is -2.34. The van der Waals surface area contributed by atoms with E-state index in [-0.39, 0.29) is 11.9 Å². The van der Waals surface area contributed by atoms with Gasteiger partial charge in [0.25, 0.3) is 0 Å². The highest BCUT2D eigenvalue weighted by Gasteiger charge is 2.06. The Morgan fingerprint density at radius 2 is 2.14 bits per heavy atom. The molecule has 0 aromatic carbocycles. The summed E-state index contributed by atoms with van der Waals surface area (Å²) in [6.07, 6.45) is 2.28. The first-order valence-corrected chi connectivity index (χ1v) is 5.59. The Morgan fingerprint density at radius 3 is 2.64 bits per heavy atom. The van der Waals surface area contributed by atoms with E-state index in [1.807, 2.05) is 21.0 Å². The van der Waals surface area contributed by atoms with E-state index >= 15 is 0 Å². The molecule has 3 nitrogen and oxygen atoms in total. The third kappa shape index (κ3) is 8.32. The zero-order valence-corrected chi connectivity index (χ0v) is 10.1. The van der Waals surface area contributed by atoms with Crippen molar-refractivity contribution in [2.75, 3.05) is 26.5 Å². The van der Waals surface area contributed by atoms with E-state index in [1.54, 1.807) is 0 Å². The minimum Gasteiger partial charge on any atom is -0.354 e. The van der Waals surface area contributed by atoms with Crippen LogP contribution in [0.3, 0.4) is 0 Å². The second-order valence-corrected chi connectivity index (χ2v) is 4.23. The van der Waals surface area contributed by atoms with Crippen molar-refractivity contribution < 1.29 is 4.79 Å². The summed E-state index contributed by atoms with van der Waals surface area (Å²) in [5, 5.41) is 2.95. The number of nitrogens with one attached hydrogen (secondary N) is 1. The van der Waals surface area contributed by atoms with Crippen LogP contribution in [0, 0.1) is 0 Å². The van der Waals surface area contributed by atoms with Gasteiger partial charge >= 0.3 is 0 Å². The molecule has 0 radical (unpaired) electrons. The Hall–Kier alpha value is -0.280. The van der Waals surface area contributed by atoms with Gasteiger partial charge < -0.3 is 10.2 Å². The van der Waals surface area contributed by atoms with E-state index in [4.69, 9.17) is 11.6 Å². The number of hydrogen-bond donors (Lipinski definition) is 1. The quantitative estimate of drug-likeness (QED) is 0.659. The van der Waals surface area contributed by atoms with Gasteiger partial charge in [-0.15, -0.1) is 11.6 Å². The fraction of sp³-hybridized carbons (Fsp3) is 0.900. The minimum atomic E-state index is 0.108. The zero-order valence-electron chi connectivity index (χ0n) is 9.35. The van der Waals surface area contributed by atoms with Gasteiger partial charge in [0.05, 0.1) is 0 Å². The standard InChI is InChI=1S/C10H21ClN2O/c1-9(6-8-13(2)3)12-10(14)5-4-7-11/h9H,4-8H2,1-3H3,(H,12,14). The summed E-state index contributed by atoms with van der Waals surface area (Å²) in [7, 11) is 4.06. The van der Waals surface area contributed by atoms with Crippen LogP contribution < -0.4 is 5.32 Å².